The first kappa shape index (κ1) is 12.0. The number of fused-ring (bicyclic) bond motifs is 1. The van der Waals surface area contributed by atoms with E-state index in [1.54, 1.807) is 0 Å². The molecule has 0 heterocycles. The summed E-state index contributed by atoms with van der Waals surface area (Å²) < 4.78 is 0. The zero-order chi connectivity index (χ0) is 12.1. The van der Waals surface area contributed by atoms with Gasteiger partial charge in [0.05, 0.1) is 11.6 Å². The van der Waals surface area contributed by atoms with Gasteiger partial charge in [-0.05, 0) is 29.7 Å². The van der Waals surface area contributed by atoms with Crippen LogP contribution in [-0.2, 0) is 0 Å². The third-order valence-electron chi connectivity index (χ3n) is 2.76. The molecule has 2 heteroatoms. The van der Waals surface area contributed by atoms with Crippen LogP contribution in [0.15, 0.2) is 41.3 Å². The van der Waals surface area contributed by atoms with Crippen LogP contribution in [0, 0.1) is 11.3 Å². The van der Waals surface area contributed by atoms with Gasteiger partial charge in [0.25, 0.3) is 0 Å². The molecule has 0 saturated heterocycles. The molecule has 17 heavy (non-hydrogen) atoms. The summed E-state index contributed by atoms with van der Waals surface area (Å²) in [6.07, 6.45) is 2.46. The van der Waals surface area contributed by atoms with Crippen LogP contribution in [0.2, 0.25) is 0 Å². The normalized spacial score (nSPS) is 10.4. The molecular weight excluding hydrogens is 226 g/mol. The van der Waals surface area contributed by atoms with Crippen molar-refractivity contribution in [3.63, 3.8) is 0 Å². The number of unbranched alkanes of at least 4 members (excludes halogenated alkanes) is 1. The molecule has 0 aromatic heterocycles. The highest BCUT2D eigenvalue weighted by Gasteiger charge is 2.05. The Morgan fingerprint density at radius 2 is 1.88 bits per heavy atom. The van der Waals surface area contributed by atoms with E-state index in [4.69, 9.17) is 5.26 Å². The largest absolute Gasteiger partial charge is 0.192 e. The van der Waals surface area contributed by atoms with Crippen molar-refractivity contribution in [3.8, 4) is 6.07 Å². The number of hydrogen-bond donors (Lipinski definition) is 0. The first-order chi connectivity index (χ1) is 8.36. The highest BCUT2D eigenvalue weighted by molar-refractivity contribution is 7.99. The predicted molar refractivity (Wildman–Crippen MR) is 74.3 cm³/mol. The Morgan fingerprint density at radius 3 is 2.59 bits per heavy atom. The number of rotatable bonds is 4. The first-order valence-corrected chi connectivity index (χ1v) is 6.90. The van der Waals surface area contributed by atoms with Gasteiger partial charge >= 0.3 is 0 Å². The number of thioether (sulfide) groups is 1. The van der Waals surface area contributed by atoms with Crippen LogP contribution < -0.4 is 0 Å². The van der Waals surface area contributed by atoms with Crippen molar-refractivity contribution in [2.24, 2.45) is 0 Å². The minimum Gasteiger partial charge on any atom is -0.192 e. The molecule has 0 amide bonds. The van der Waals surface area contributed by atoms with Crippen molar-refractivity contribution in [2.75, 3.05) is 5.75 Å². The van der Waals surface area contributed by atoms with Crippen molar-refractivity contribution in [2.45, 2.75) is 24.7 Å². The van der Waals surface area contributed by atoms with Crippen LogP contribution in [0.25, 0.3) is 10.8 Å². The summed E-state index contributed by atoms with van der Waals surface area (Å²) in [5, 5.41) is 11.4. The maximum atomic E-state index is 9.08. The van der Waals surface area contributed by atoms with Gasteiger partial charge < -0.3 is 0 Å². The summed E-state index contributed by atoms with van der Waals surface area (Å²) in [7, 11) is 0. The Balaban J connectivity index is 2.41. The Hall–Kier alpha value is -1.46. The molecule has 0 aliphatic rings. The Labute approximate surface area is 106 Å². The Bertz CT molecular complexity index is 554. The van der Waals surface area contributed by atoms with E-state index in [1.807, 2.05) is 36.0 Å². The predicted octanol–water partition coefficient (Wildman–Crippen LogP) is 4.60. The van der Waals surface area contributed by atoms with E-state index in [-0.39, 0.29) is 0 Å². The van der Waals surface area contributed by atoms with Crippen LogP contribution in [-0.4, -0.2) is 5.75 Å². The summed E-state index contributed by atoms with van der Waals surface area (Å²) in [5.74, 6) is 1.15. The topological polar surface area (TPSA) is 23.8 Å². The van der Waals surface area contributed by atoms with Crippen molar-refractivity contribution in [1.29, 1.82) is 5.26 Å². The summed E-state index contributed by atoms with van der Waals surface area (Å²) >= 11 is 1.88. The van der Waals surface area contributed by atoms with Crippen molar-refractivity contribution < 1.29 is 0 Å². The lowest BCUT2D eigenvalue weighted by molar-refractivity contribution is 0.896. The highest BCUT2D eigenvalue weighted by atomic mass is 32.2. The number of benzene rings is 2. The summed E-state index contributed by atoms with van der Waals surface area (Å²) in [6.45, 7) is 2.21. The lowest BCUT2D eigenvalue weighted by Gasteiger charge is -2.07. The fraction of sp³-hybridized carbons (Fsp3) is 0.267. The molecule has 2 aromatic carbocycles. The highest BCUT2D eigenvalue weighted by Crippen LogP contribution is 2.30. The average Bonchev–Trinajstić information content (AvgIpc) is 2.39. The third-order valence-corrected chi connectivity index (χ3v) is 3.92. The average molecular weight is 241 g/mol. The molecule has 2 aromatic rings. The number of nitrogens with zero attached hydrogens (tertiary/aromatic N) is 1. The molecule has 1 nitrogen and oxygen atoms in total. The number of hydrogen-bond acceptors (Lipinski definition) is 2. The molecule has 0 unspecified atom stereocenters. The molecule has 0 fully saturated rings. The van der Waals surface area contributed by atoms with Crippen molar-refractivity contribution in [1.82, 2.24) is 0 Å². The molecule has 0 saturated carbocycles. The SMILES string of the molecule is CCCCSc1ccc(C#N)c2ccccc12. The van der Waals surface area contributed by atoms with Crippen LogP contribution >= 0.6 is 11.8 Å². The summed E-state index contributed by atoms with van der Waals surface area (Å²) in [5.41, 5.74) is 0.764. The fourth-order valence-corrected chi connectivity index (χ4v) is 2.97. The van der Waals surface area contributed by atoms with E-state index in [0.717, 1.165) is 16.7 Å². The van der Waals surface area contributed by atoms with E-state index in [2.05, 4.69) is 25.1 Å². The smallest absolute Gasteiger partial charge is 0.0998 e. The monoisotopic (exact) mass is 241 g/mol. The second kappa shape index (κ2) is 5.75. The van der Waals surface area contributed by atoms with Gasteiger partial charge in [0.2, 0.25) is 0 Å². The van der Waals surface area contributed by atoms with Gasteiger partial charge in [-0.15, -0.1) is 11.8 Å². The van der Waals surface area contributed by atoms with E-state index in [1.165, 1.54) is 23.1 Å². The van der Waals surface area contributed by atoms with Gasteiger partial charge in [-0.25, -0.2) is 0 Å². The second-order valence-corrected chi connectivity index (χ2v) is 5.11. The molecule has 0 N–H and O–H groups in total. The zero-order valence-electron chi connectivity index (χ0n) is 9.94. The molecule has 0 radical (unpaired) electrons. The van der Waals surface area contributed by atoms with E-state index in [0.29, 0.717) is 0 Å². The van der Waals surface area contributed by atoms with Gasteiger partial charge in [0, 0.05) is 10.3 Å². The standard InChI is InChI=1S/C15H15NS/c1-2-3-10-17-15-9-8-12(11-16)13-6-4-5-7-14(13)15/h4-9H,2-3,10H2,1H3. The summed E-state index contributed by atoms with van der Waals surface area (Å²) in [6, 6.07) is 14.4. The lowest BCUT2D eigenvalue weighted by Crippen LogP contribution is -1.84. The maximum Gasteiger partial charge on any atom is 0.0998 e. The molecule has 0 spiro atoms. The molecule has 0 bridgehead atoms. The second-order valence-electron chi connectivity index (χ2n) is 3.97. The number of nitriles is 1. The van der Waals surface area contributed by atoms with Gasteiger partial charge in [-0.1, -0.05) is 37.6 Å². The van der Waals surface area contributed by atoms with Gasteiger partial charge in [0.1, 0.15) is 0 Å². The van der Waals surface area contributed by atoms with E-state index >= 15 is 0 Å². The van der Waals surface area contributed by atoms with Gasteiger partial charge in [-0.2, -0.15) is 5.26 Å². The molecule has 0 aliphatic carbocycles. The van der Waals surface area contributed by atoms with E-state index in [9.17, 15) is 0 Å². The lowest BCUT2D eigenvalue weighted by atomic mass is 10.1. The minimum absolute atomic E-state index is 0.764. The van der Waals surface area contributed by atoms with E-state index < -0.39 is 0 Å². The Morgan fingerprint density at radius 1 is 1.12 bits per heavy atom. The molecular formula is C15H15NS. The first-order valence-electron chi connectivity index (χ1n) is 5.91. The zero-order valence-corrected chi connectivity index (χ0v) is 10.8. The minimum atomic E-state index is 0.764. The van der Waals surface area contributed by atoms with Crippen LogP contribution in [0.1, 0.15) is 25.3 Å². The van der Waals surface area contributed by atoms with Crippen LogP contribution in [0.3, 0.4) is 0 Å². The van der Waals surface area contributed by atoms with Crippen molar-refractivity contribution in [3.05, 3.63) is 42.0 Å². The van der Waals surface area contributed by atoms with Crippen LogP contribution in [0.5, 0.6) is 0 Å². The fourth-order valence-electron chi connectivity index (χ4n) is 1.82. The third kappa shape index (κ3) is 2.62. The summed E-state index contributed by atoms with van der Waals surface area (Å²) in [4.78, 5) is 1.29. The maximum absolute atomic E-state index is 9.08. The van der Waals surface area contributed by atoms with Crippen LogP contribution in [0.4, 0.5) is 0 Å². The van der Waals surface area contributed by atoms with Gasteiger partial charge in [-0.3, -0.25) is 0 Å². The van der Waals surface area contributed by atoms with Gasteiger partial charge in [0.15, 0.2) is 0 Å². The molecule has 86 valence electrons. The molecule has 2 rings (SSSR count). The molecule has 0 atom stereocenters. The molecule has 0 aliphatic heterocycles. The Kier molecular flexibility index (Phi) is 4.06. The quantitative estimate of drug-likeness (QED) is 0.577. The van der Waals surface area contributed by atoms with Crippen molar-refractivity contribution >= 4 is 22.5 Å².